The lowest BCUT2D eigenvalue weighted by atomic mass is 10.1. The van der Waals surface area contributed by atoms with Crippen LogP contribution >= 0.6 is 34.7 Å². The molecule has 0 saturated carbocycles. The number of carbonyl (C=O) groups excluding carboxylic acids is 1. The van der Waals surface area contributed by atoms with E-state index < -0.39 is 17.6 Å². The van der Waals surface area contributed by atoms with Gasteiger partial charge in [0, 0.05) is 10.5 Å². The summed E-state index contributed by atoms with van der Waals surface area (Å²) in [6.07, 6.45) is -2.85. The van der Waals surface area contributed by atoms with Gasteiger partial charge in [-0.05, 0) is 30.5 Å². The summed E-state index contributed by atoms with van der Waals surface area (Å²) in [4.78, 5) is 16.0. The first kappa shape index (κ1) is 19.6. The summed E-state index contributed by atoms with van der Waals surface area (Å²) in [5.41, 5.74) is 1.69. The van der Waals surface area contributed by atoms with Crippen LogP contribution in [0.2, 0.25) is 4.34 Å². The van der Waals surface area contributed by atoms with Gasteiger partial charge in [-0.2, -0.15) is 13.2 Å². The normalized spacial score (nSPS) is 11.4. The second-order valence-electron chi connectivity index (χ2n) is 5.15. The molecule has 27 heavy (non-hydrogen) atoms. The summed E-state index contributed by atoms with van der Waals surface area (Å²) < 4.78 is 39.2. The van der Waals surface area contributed by atoms with E-state index >= 15 is 0 Å². The molecular formula is C16H10ClF3N4OS2. The Balaban J connectivity index is 1.81. The van der Waals surface area contributed by atoms with Crippen LogP contribution in [0.25, 0.3) is 11.3 Å². The third-order valence-corrected chi connectivity index (χ3v) is 5.28. The Morgan fingerprint density at radius 2 is 2.00 bits per heavy atom. The van der Waals surface area contributed by atoms with Crippen molar-refractivity contribution in [1.82, 2.24) is 15.2 Å². The highest BCUT2D eigenvalue weighted by atomic mass is 35.5. The number of nitrogens with one attached hydrogen (secondary N) is 1. The van der Waals surface area contributed by atoms with Crippen LogP contribution < -0.4 is 5.32 Å². The molecule has 0 radical (unpaired) electrons. The van der Waals surface area contributed by atoms with Gasteiger partial charge in [0.15, 0.2) is 11.5 Å². The van der Waals surface area contributed by atoms with Gasteiger partial charge in [-0.15, -0.1) is 33.3 Å². The number of hydrogen-bond donors (Lipinski definition) is 1. The number of thiazole rings is 1. The Morgan fingerprint density at radius 1 is 1.22 bits per heavy atom. The largest absolute Gasteiger partial charge is 0.417 e. The van der Waals surface area contributed by atoms with E-state index in [1.54, 1.807) is 12.3 Å². The maximum absolute atomic E-state index is 13.0. The molecule has 5 nitrogen and oxygen atoms in total. The molecule has 0 aliphatic heterocycles. The van der Waals surface area contributed by atoms with E-state index in [-0.39, 0.29) is 20.7 Å². The van der Waals surface area contributed by atoms with Crippen LogP contribution in [0, 0.1) is 0 Å². The number of thioether (sulfide) groups is 1. The Kier molecular flexibility index (Phi) is 5.68. The average molecular weight is 431 g/mol. The molecule has 0 atom stereocenters. The second-order valence-corrected chi connectivity index (χ2v) is 7.45. The summed E-state index contributed by atoms with van der Waals surface area (Å²) in [6, 6.07) is 6.81. The minimum absolute atomic E-state index is 0.0832. The Bertz CT molecular complexity index is 977. The van der Waals surface area contributed by atoms with E-state index in [4.69, 9.17) is 11.6 Å². The van der Waals surface area contributed by atoms with E-state index in [0.29, 0.717) is 11.3 Å². The molecule has 0 bridgehead atoms. The van der Waals surface area contributed by atoms with E-state index in [1.165, 1.54) is 23.7 Å². The van der Waals surface area contributed by atoms with Gasteiger partial charge in [-0.3, -0.25) is 4.79 Å². The van der Waals surface area contributed by atoms with Crippen LogP contribution in [-0.2, 0) is 6.18 Å². The molecule has 0 aliphatic carbocycles. The summed E-state index contributed by atoms with van der Waals surface area (Å²) in [5, 5.41) is 10.4. The van der Waals surface area contributed by atoms with Gasteiger partial charge >= 0.3 is 6.18 Å². The van der Waals surface area contributed by atoms with Crippen molar-refractivity contribution in [2.45, 2.75) is 11.1 Å². The molecule has 140 valence electrons. The average Bonchev–Trinajstić information content (AvgIpc) is 3.07. The number of amides is 1. The van der Waals surface area contributed by atoms with Crippen LogP contribution in [0.15, 0.2) is 40.7 Å². The van der Waals surface area contributed by atoms with Crippen molar-refractivity contribution < 1.29 is 18.0 Å². The quantitative estimate of drug-likeness (QED) is 0.573. The van der Waals surface area contributed by atoms with Crippen molar-refractivity contribution in [3.05, 3.63) is 51.4 Å². The maximum Gasteiger partial charge on any atom is 0.417 e. The predicted octanol–water partition coefficient (Wildman–Crippen LogP) is 5.25. The number of nitrogens with zero attached hydrogens (tertiary/aromatic N) is 3. The molecule has 0 aliphatic rings. The number of alkyl halides is 3. The SMILES string of the molecule is CSc1cc(-c2ccc(NC(=O)c3ncsc3Cl)nn2)ccc1C(F)(F)F. The van der Waals surface area contributed by atoms with Gasteiger partial charge in [0.1, 0.15) is 4.34 Å². The zero-order valence-corrected chi connectivity index (χ0v) is 15.9. The van der Waals surface area contributed by atoms with Crippen LogP contribution in [0.1, 0.15) is 16.1 Å². The number of aromatic nitrogens is 3. The fourth-order valence-corrected chi connectivity index (χ4v) is 3.60. The lowest BCUT2D eigenvalue weighted by Gasteiger charge is -2.12. The molecule has 11 heteroatoms. The zero-order valence-electron chi connectivity index (χ0n) is 13.5. The molecule has 3 rings (SSSR count). The standard InChI is InChI=1S/C16H10ClF3N4OS2/c1-26-11-6-8(2-3-9(11)16(18,19)20)10-4-5-12(24-23-10)22-15(25)13-14(17)27-7-21-13/h2-7H,1H3,(H,22,24,25). The number of benzene rings is 1. The van der Waals surface area contributed by atoms with E-state index in [9.17, 15) is 18.0 Å². The van der Waals surface area contributed by atoms with Crippen molar-refractivity contribution in [3.8, 4) is 11.3 Å². The molecule has 0 unspecified atom stereocenters. The summed E-state index contributed by atoms with van der Waals surface area (Å²) in [7, 11) is 0. The third kappa shape index (κ3) is 4.40. The Hall–Kier alpha value is -2.17. The lowest BCUT2D eigenvalue weighted by molar-refractivity contribution is -0.139. The van der Waals surface area contributed by atoms with Gasteiger partial charge in [-0.1, -0.05) is 17.7 Å². The summed E-state index contributed by atoms with van der Waals surface area (Å²) in [5.74, 6) is -0.354. The van der Waals surface area contributed by atoms with Crippen LogP contribution in [0.5, 0.6) is 0 Å². The van der Waals surface area contributed by atoms with Gasteiger partial charge < -0.3 is 5.32 Å². The molecule has 1 N–H and O–H groups in total. The van der Waals surface area contributed by atoms with Crippen molar-refractivity contribution in [3.63, 3.8) is 0 Å². The highest BCUT2D eigenvalue weighted by molar-refractivity contribution is 7.98. The predicted molar refractivity (Wildman–Crippen MR) is 99.3 cm³/mol. The van der Waals surface area contributed by atoms with Gasteiger partial charge in [0.05, 0.1) is 16.8 Å². The summed E-state index contributed by atoms with van der Waals surface area (Å²) >= 11 is 7.98. The molecule has 0 saturated heterocycles. The van der Waals surface area contributed by atoms with Gasteiger partial charge in [0.25, 0.3) is 5.91 Å². The topological polar surface area (TPSA) is 67.8 Å². The molecule has 2 aromatic heterocycles. The first-order chi connectivity index (χ1) is 12.8. The fourth-order valence-electron chi connectivity index (χ4n) is 2.19. The minimum Gasteiger partial charge on any atom is -0.304 e. The highest BCUT2D eigenvalue weighted by Crippen LogP contribution is 2.37. The van der Waals surface area contributed by atoms with E-state index in [2.05, 4.69) is 20.5 Å². The highest BCUT2D eigenvalue weighted by Gasteiger charge is 2.33. The molecule has 1 amide bonds. The van der Waals surface area contributed by atoms with E-state index in [1.807, 2.05) is 0 Å². The molecule has 3 aromatic rings. The Labute approximate surface area is 165 Å². The number of hydrogen-bond acceptors (Lipinski definition) is 6. The zero-order chi connectivity index (χ0) is 19.6. The lowest BCUT2D eigenvalue weighted by Crippen LogP contribution is -2.14. The first-order valence-corrected chi connectivity index (χ1v) is 9.77. The molecular weight excluding hydrogens is 421 g/mol. The van der Waals surface area contributed by atoms with Crippen molar-refractivity contribution >= 4 is 46.4 Å². The first-order valence-electron chi connectivity index (χ1n) is 7.29. The number of carbonyl (C=O) groups is 1. The van der Waals surface area contributed by atoms with Crippen LogP contribution in [-0.4, -0.2) is 27.3 Å². The molecule has 0 spiro atoms. The number of rotatable bonds is 4. The smallest absolute Gasteiger partial charge is 0.304 e. The molecule has 2 heterocycles. The maximum atomic E-state index is 13.0. The van der Waals surface area contributed by atoms with Gasteiger partial charge in [0.2, 0.25) is 0 Å². The van der Waals surface area contributed by atoms with Crippen LogP contribution in [0.4, 0.5) is 19.0 Å². The van der Waals surface area contributed by atoms with Crippen molar-refractivity contribution in [2.24, 2.45) is 0 Å². The van der Waals surface area contributed by atoms with Crippen LogP contribution in [0.3, 0.4) is 0 Å². The monoisotopic (exact) mass is 430 g/mol. The third-order valence-electron chi connectivity index (χ3n) is 3.45. The minimum atomic E-state index is -4.42. The van der Waals surface area contributed by atoms with E-state index in [0.717, 1.165) is 29.2 Å². The fraction of sp³-hybridized carbons (Fsp3) is 0.125. The van der Waals surface area contributed by atoms with Crippen molar-refractivity contribution in [2.75, 3.05) is 11.6 Å². The molecule has 1 aromatic carbocycles. The number of halogens is 4. The Morgan fingerprint density at radius 3 is 2.56 bits per heavy atom. The molecule has 0 fully saturated rings. The van der Waals surface area contributed by atoms with Gasteiger partial charge in [-0.25, -0.2) is 4.98 Å². The second kappa shape index (κ2) is 7.83. The summed E-state index contributed by atoms with van der Waals surface area (Å²) in [6.45, 7) is 0. The number of anilines is 1. The van der Waals surface area contributed by atoms with Crippen molar-refractivity contribution in [1.29, 1.82) is 0 Å².